The van der Waals surface area contributed by atoms with Crippen molar-refractivity contribution in [1.29, 1.82) is 0 Å². The Balaban J connectivity index is 1.36. The fourth-order valence-corrected chi connectivity index (χ4v) is 4.02. The fraction of sp³-hybridized carbons (Fsp3) is 0.412. The molecule has 31 heavy (non-hydrogen) atoms. The quantitative estimate of drug-likeness (QED) is 0.533. The molecule has 0 aliphatic carbocycles. The first-order valence-corrected chi connectivity index (χ1v) is 9.99. The molecule has 1 saturated heterocycles. The van der Waals surface area contributed by atoms with Crippen LogP contribution in [0.5, 0.6) is 5.75 Å². The zero-order valence-electron chi connectivity index (χ0n) is 15.9. The summed E-state index contributed by atoms with van der Waals surface area (Å²) in [4.78, 5) is 14.3. The van der Waals surface area contributed by atoms with Crippen molar-refractivity contribution < 1.29 is 27.6 Å². The molecular weight excluding hydrogens is 441 g/mol. The highest BCUT2D eigenvalue weighted by atomic mass is 32.1. The van der Waals surface area contributed by atoms with Crippen molar-refractivity contribution in [3.63, 3.8) is 0 Å². The van der Waals surface area contributed by atoms with Crippen LogP contribution in [-0.4, -0.2) is 63.9 Å². The first-order chi connectivity index (χ1) is 14.8. The van der Waals surface area contributed by atoms with Gasteiger partial charge in [0.2, 0.25) is 0 Å². The molecule has 2 aliphatic rings. The Bertz CT molecular complexity index is 968. The van der Waals surface area contributed by atoms with Gasteiger partial charge in [-0.15, -0.1) is 23.4 Å². The van der Waals surface area contributed by atoms with E-state index in [9.17, 15) is 23.3 Å². The summed E-state index contributed by atoms with van der Waals surface area (Å²) in [5.74, 6) is -0.399. The summed E-state index contributed by atoms with van der Waals surface area (Å²) in [7, 11) is 0. The maximum Gasteiger partial charge on any atom is 0.573 e. The predicted octanol–water partition coefficient (Wildman–Crippen LogP) is 2.20. The average Bonchev–Trinajstić information content (AvgIpc) is 3.30. The van der Waals surface area contributed by atoms with E-state index >= 15 is 0 Å². The molecule has 4 rings (SSSR count). The molecule has 1 N–H and O–H groups in total. The van der Waals surface area contributed by atoms with Crippen molar-refractivity contribution in [2.24, 2.45) is 0 Å². The molecule has 10 nitrogen and oxygen atoms in total. The number of fused-ring (bicyclic) bond motifs is 1. The molecule has 2 aromatic rings. The first kappa shape index (κ1) is 21.3. The number of hydrogen-bond donors (Lipinski definition) is 1. The summed E-state index contributed by atoms with van der Waals surface area (Å²) in [5.41, 5.74) is 0.637. The van der Waals surface area contributed by atoms with Crippen molar-refractivity contribution in [3.8, 4) is 16.3 Å². The minimum atomic E-state index is -4.74. The van der Waals surface area contributed by atoms with Gasteiger partial charge in [-0.3, -0.25) is 4.90 Å². The van der Waals surface area contributed by atoms with Crippen molar-refractivity contribution in [1.82, 2.24) is 25.3 Å². The minimum Gasteiger partial charge on any atom is -0.406 e. The van der Waals surface area contributed by atoms with E-state index in [4.69, 9.17) is 4.74 Å². The largest absolute Gasteiger partial charge is 0.573 e. The summed E-state index contributed by atoms with van der Waals surface area (Å²) >= 11 is 1.34. The number of halogens is 3. The van der Waals surface area contributed by atoms with E-state index in [0.717, 1.165) is 5.01 Å². The molecule has 0 amide bonds. The van der Waals surface area contributed by atoms with Gasteiger partial charge in [0.25, 0.3) is 6.35 Å². The molecule has 1 atom stereocenters. The molecule has 3 heterocycles. The number of nitrogens with one attached hydrogen (secondary N) is 1. The number of ether oxygens (including phenoxy) is 2. The van der Waals surface area contributed by atoms with Crippen LogP contribution >= 0.6 is 11.3 Å². The van der Waals surface area contributed by atoms with Crippen LogP contribution in [0.3, 0.4) is 0 Å². The second-order valence-electron chi connectivity index (χ2n) is 6.73. The van der Waals surface area contributed by atoms with Crippen molar-refractivity contribution in [3.05, 3.63) is 51.4 Å². The second kappa shape index (κ2) is 8.64. The molecule has 1 fully saturated rings. The number of aromatic nitrogens is 2. The third-order valence-electron chi connectivity index (χ3n) is 4.58. The lowest BCUT2D eigenvalue weighted by Gasteiger charge is -2.30. The van der Waals surface area contributed by atoms with E-state index < -0.39 is 17.6 Å². The lowest BCUT2D eigenvalue weighted by Crippen LogP contribution is -2.46. The Morgan fingerprint density at radius 1 is 1.26 bits per heavy atom. The third-order valence-corrected chi connectivity index (χ3v) is 5.53. The van der Waals surface area contributed by atoms with Crippen LogP contribution in [0.1, 0.15) is 5.01 Å². The van der Waals surface area contributed by atoms with Crippen molar-refractivity contribution in [2.45, 2.75) is 19.3 Å². The number of rotatable bonds is 5. The molecule has 0 bridgehead atoms. The lowest BCUT2D eigenvalue weighted by atomic mass is 10.2. The topological polar surface area (TPSA) is 106 Å². The van der Waals surface area contributed by atoms with Crippen LogP contribution in [0.15, 0.2) is 36.3 Å². The zero-order valence-corrected chi connectivity index (χ0v) is 16.7. The maximum absolute atomic E-state index is 12.3. The minimum absolute atomic E-state index is 0.0983. The predicted molar refractivity (Wildman–Crippen MR) is 102 cm³/mol. The smallest absolute Gasteiger partial charge is 0.406 e. The molecular formula is C17H17F3N6O4S. The van der Waals surface area contributed by atoms with Gasteiger partial charge in [-0.2, -0.15) is 0 Å². The second-order valence-corrected chi connectivity index (χ2v) is 7.79. The maximum atomic E-state index is 12.3. The number of nitro groups is 1. The van der Waals surface area contributed by atoms with Crippen molar-refractivity contribution >= 4 is 11.3 Å². The summed E-state index contributed by atoms with van der Waals surface area (Å²) in [6.45, 7) is 2.66. The highest BCUT2D eigenvalue weighted by molar-refractivity contribution is 7.14. The molecule has 1 aromatic carbocycles. The Morgan fingerprint density at radius 3 is 2.74 bits per heavy atom. The average molecular weight is 458 g/mol. The molecule has 2 aliphatic heterocycles. The summed E-state index contributed by atoms with van der Waals surface area (Å²) in [6, 6.07) is 5.45. The number of benzene rings is 1. The van der Waals surface area contributed by atoms with Crippen molar-refractivity contribution in [2.75, 3.05) is 26.2 Å². The highest BCUT2D eigenvalue weighted by Gasteiger charge is 2.34. The van der Waals surface area contributed by atoms with E-state index in [0.29, 0.717) is 43.4 Å². The monoisotopic (exact) mass is 458 g/mol. The van der Waals surface area contributed by atoms with E-state index in [2.05, 4.69) is 25.2 Å². The van der Waals surface area contributed by atoms with Gasteiger partial charge in [0.15, 0.2) is 0 Å². The first-order valence-electron chi connectivity index (χ1n) is 9.18. The molecule has 0 radical (unpaired) electrons. The number of nitrogens with zero attached hydrogens (tertiary/aromatic N) is 5. The Kier molecular flexibility index (Phi) is 5.93. The number of hydrogen-bond acceptors (Lipinski definition) is 10. The van der Waals surface area contributed by atoms with Gasteiger partial charge in [-0.25, -0.2) is 5.32 Å². The summed E-state index contributed by atoms with van der Waals surface area (Å²) < 4.78 is 46.4. The standard InChI is InChI=1S/C17H17F3N6O4S/c18-17(19,20)30-12-3-1-11(2-4-12)15-23-22-14(31-15)10-24-5-6-25-9-13(26(27)28)21-16(25)29-8-7-24/h1-4,9,16,21H,5-8,10H2. The van der Waals surface area contributed by atoms with Gasteiger partial charge in [-0.05, 0) is 29.2 Å². The molecule has 1 unspecified atom stereocenters. The molecule has 0 spiro atoms. The molecule has 0 saturated carbocycles. The van der Waals surface area contributed by atoms with Gasteiger partial charge < -0.3 is 24.5 Å². The highest BCUT2D eigenvalue weighted by Crippen LogP contribution is 2.28. The number of alkyl halides is 3. The normalized spacial score (nSPS) is 19.8. The third kappa shape index (κ3) is 5.39. The van der Waals surface area contributed by atoms with E-state index in [-0.39, 0.29) is 11.6 Å². The summed E-state index contributed by atoms with van der Waals surface area (Å²) in [6.07, 6.45) is -3.84. The van der Waals surface area contributed by atoms with E-state index in [1.807, 2.05) is 0 Å². The van der Waals surface area contributed by atoms with Crippen LogP contribution in [-0.2, 0) is 11.3 Å². The van der Waals surface area contributed by atoms with E-state index in [1.54, 1.807) is 4.90 Å². The Hall–Kier alpha value is -2.97. The van der Waals surface area contributed by atoms with Crippen LogP contribution < -0.4 is 10.1 Å². The van der Waals surface area contributed by atoms with E-state index in [1.165, 1.54) is 41.8 Å². The lowest BCUT2D eigenvalue weighted by molar-refractivity contribution is -0.432. The van der Waals surface area contributed by atoms with Crippen LogP contribution in [0.2, 0.25) is 0 Å². The van der Waals surface area contributed by atoms with Crippen LogP contribution in [0.25, 0.3) is 10.6 Å². The molecule has 14 heteroatoms. The van der Waals surface area contributed by atoms with Gasteiger partial charge in [0.05, 0.1) is 19.4 Å². The molecule has 1 aromatic heterocycles. The zero-order chi connectivity index (χ0) is 22.0. The van der Waals surface area contributed by atoms with Gasteiger partial charge in [0, 0.05) is 25.2 Å². The Morgan fingerprint density at radius 2 is 2.03 bits per heavy atom. The van der Waals surface area contributed by atoms with Gasteiger partial charge in [0.1, 0.15) is 15.8 Å². The van der Waals surface area contributed by atoms with Gasteiger partial charge >= 0.3 is 12.2 Å². The Labute approximate surface area is 178 Å². The van der Waals surface area contributed by atoms with Crippen LogP contribution in [0.4, 0.5) is 13.2 Å². The van der Waals surface area contributed by atoms with Crippen LogP contribution in [0, 0.1) is 10.1 Å². The van der Waals surface area contributed by atoms with Gasteiger partial charge in [-0.1, -0.05) is 11.3 Å². The fourth-order valence-electron chi connectivity index (χ4n) is 3.14. The molecule has 166 valence electrons. The SMILES string of the molecule is O=[N+]([O-])C1=CN2CCN(Cc3nnc(-c4ccc(OC(F)(F)F)cc4)s3)CCOC2N1. The summed E-state index contributed by atoms with van der Waals surface area (Å²) in [5, 5.41) is 23.3.